The van der Waals surface area contributed by atoms with Crippen LogP contribution in [0.5, 0.6) is 5.75 Å². The number of benzene rings is 2. The number of ether oxygens (including phenoxy) is 1. The number of nitrogens with zero attached hydrogens (tertiary/aromatic N) is 2. The number of aromatic nitrogens is 2. The zero-order chi connectivity index (χ0) is 21.1. The summed E-state index contributed by atoms with van der Waals surface area (Å²) in [6, 6.07) is 16.2. The number of nitrogens with one attached hydrogen (secondary N) is 1. The Kier molecular flexibility index (Phi) is 5.24. The van der Waals surface area contributed by atoms with E-state index in [1.165, 1.54) is 19.2 Å². The molecule has 0 spiro atoms. The standard InChI is InChI=1S/C22H19N3O4S/c1-29-18-5-9-20(10-6-18)30(27,28)19-7-2-16(3-8-19)14-24-22(26)17-4-11-21-23-12-13-25(21)15-17/h2-13,15H,14H2,1H3,(H,24,26). The molecule has 0 fully saturated rings. The zero-order valence-electron chi connectivity index (χ0n) is 16.1. The molecule has 0 atom stereocenters. The van der Waals surface area contributed by atoms with Gasteiger partial charge in [0.1, 0.15) is 11.4 Å². The van der Waals surface area contributed by atoms with Gasteiger partial charge in [0.25, 0.3) is 5.91 Å². The molecule has 0 saturated carbocycles. The van der Waals surface area contributed by atoms with Crippen LogP contribution in [0.15, 0.2) is 89.0 Å². The van der Waals surface area contributed by atoms with Crippen molar-refractivity contribution in [2.45, 2.75) is 16.3 Å². The summed E-state index contributed by atoms with van der Waals surface area (Å²) in [6.45, 7) is 0.281. The van der Waals surface area contributed by atoms with Crippen LogP contribution in [-0.4, -0.2) is 30.8 Å². The number of sulfone groups is 1. The summed E-state index contributed by atoms with van der Waals surface area (Å²) < 4.78 is 32.4. The quantitative estimate of drug-likeness (QED) is 0.517. The normalized spacial score (nSPS) is 11.4. The Labute approximate surface area is 173 Å². The average Bonchev–Trinajstić information content (AvgIpc) is 3.25. The molecule has 0 aliphatic rings. The van der Waals surface area contributed by atoms with Crippen molar-refractivity contribution in [1.82, 2.24) is 14.7 Å². The molecule has 30 heavy (non-hydrogen) atoms. The van der Waals surface area contributed by atoms with Gasteiger partial charge in [0.15, 0.2) is 0 Å². The second-order valence-corrected chi connectivity index (χ2v) is 8.57. The Morgan fingerprint density at radius 3 is 2.33 bits per heavy atom. The number of rotatable bonds is 6. The van der Waals surface area contributed by atoms with Crippen LogP contribution in [0.3, 0.4) is 0 Å². The molecule has 2 aromatic carbocycles. The molecule has 1 amide bonds. The van der Waals surface area contributed by atoms with Crippen molar-refractivity contribution >= 4 is 21.4 Å². The van der Waals surface area contributed by atoms with Crippen molar-refractivity contribution in [2.24, 2.45) is 0 Å². The molecule has 0 aliphatic heterocycles. The molecule has 0 bridgehead atoms. The molecule has 0 saturated heterocycles. The highest BCUT2D eigenvalue weighted by Crippen LogP contribution is 2.23. The fraction of sp³-hybridized carbons (Fsp3) is 0.0909. The maximum atomic E-state index is 12.8. The summed E-state index contributed by atoms with van der Waals surface area (Å²) in [5, 5.41) is 2.84. The topological polar surface area (TPSA) is 89.8 Å². The predicted octanol–water partition coefficient (Wildman–Crippen LogP) is 3.11. The van der Waals surface area contributed by atoms with Gasteiger partial charge >= 0.3 is 0 Å². The van der Waals surface area contributed by atoms with E-state index in [0.29, 0.717) is 11.3 Å². The van der Waals surface area contributed by atoms with Crippen LogP contribution >= 0.6 is 0 Å². The summed E-state index contributed by atoms with van der Waals surface area (Å²) in [4.78, 5) is 16.9. The number of hydrogen-bond acceptors (Lipinski definition) is 5. The highest BCUT2D eigenvalue weighted by molar-refractivity contribution is 7.91. The Balaban J connectivity index is 1.44. The molecular formula is C22H19N3O4S. The van der Waals surface area contributed by atoms with Crippen molar-refractivity contribution in [1.29, 1.82) is 0 Å². The lowest BCUT2D eigenvalue weighted by Crippen LogP contribution is -2.23. The molecule has 4 rings (SSSR count). The van der Waals surface area contributed by atoms with Crippen molar-refractivity contribution in [3.63, 3.8) is 0 Å². The molecule has 0 unspecified atom stereocenters. The van der Waals surface area contributed by atoms with E-state index in [2.05, 4.69) is 10.3 Å². The Morgan fingerprint density at radius 1 is 1.00 bits per heavy atom. The first kappa shape index (κ1) is 19.7. The second kappa shape index (κ2) is 8.00. The fourth-order valence-corrected chi connectivity index (χ4v) is 4.28. The minimum absolute atomic E-state index is 0.188. The van der Waals surface area contributed by atoms with Crippen LogP contribution in [0.1, 0.15) is 15.9 Å². The summed E-state index contributed by atoms with van der Waals surface area (Å²) in [5.41, 5.74) is 2.07. The molecule has 8 heteroatoms. The summed E-state index contributed by atoms with van der Waals surface area (Å²) in [6.07, 6.45) is 5.15. The molecular weight excluding hydrogens is 402 g/mol. The molecule has 1 N–H and O–H groups in total. The third kappa shape index (κ3) is 3.90. The minimum atomic E-state index is -3.62. The van der Waals surface area contributed by atoms with Crippen LogP contribution in [0.2, 0.25) is 0 Å². The van der Waals surface area contributed by atoms with Crippen molar-refractivity contribution in [3.05, 3.63) is 90.4 Å². The summed E-state index contributed by atoms with van der Waals surface area (Å²) >= 11 is 0. The van der Waals surface area contributed by atoms with Crippen molar-refractivity contribution < 1.29 is 17.9 Å². The first-order chi connectivity index (χ1) is 14.5. The van der Waals surface area contributed by atoms with Crippen LogP contribution in [0, 0.1) is 0 Å². The maximum absolute atomic E-state index is 12.8. The largest absolute Gasteiger partial charge is 0.497 e. The van der Waals surface area contributed by atoms with Crippen LogP contribution in [0.4, 0.5) is 0 Å². The monoisotopic (exact) mass is 421 g/mol. The van der Waals surface area contributed by atoms with E-state index < -0.39 is 9.84 Å². The second-order valence-electron chi connectivity index (χ2n) is 6.62. The fourth-order valence-electron chi connectivity index (χ4n) is 3.02. The SMILES string of the molecule is COc1ccc(S(=O)(=O)c2ccc(CNC(=O)c3ccc4nccn4c3)cc2)cc1. The number of fused-ring (bicyclic) bond motifs is 1. The lowest BCUT2D eigenvalue weighted by Gasteiger charge is -2.08. The number of carbonyl (C=O) groups excluding carboxylic acids is 1. The molecule has 7 nitrogen and oxygen atoms in total. The molecule has 2 aromatic heterocycles. The number of amides is 1. The zero-order valence-corrected chi connectivity index (χ0v) is 17.0. The number of hydrogen-bond donors (Lipinski definition) is 1. The van der Waals surface area contributed by atoms with E-state index in [-0.39, 0.29) is 22.2 Å². The highest BCUT2D eigenvalue weighted by Gasteiger charge is 2.17. The molecule has 4 aromatic rings. The Bertz CT molecular complexity index is 1290. The minimum Gasteiger partial charge on any atom is -0.497 e. The molecule has 152 valence electrons. The smallest absolute Gasteiger partial charge is 0.253 e. The van der Waals surface area contributed by atoms with E-state index >= 15 is 0 Å². The van der Waals surface area contributed by atoms with Gasteiger partial charge in [-0.25, -0.2) is 13.4 Å². The van der Waals surface area contributed by atoms with Crippen molar-refractivity contribution in [3.8, 4) is 5.75 Å². The summed E-state index contributed by atoms with van der Waals surface area (Å²) in [7, 11) is -2.10. The van der Waals surface area contributed by atoms with E-state index in [0.717, 1.165) is 11.2 Å². The van der Waals surface area contributed by atoms with Crippen LogP contribution in [0.25, 0.3) is 5.65 Å². The van der Waals surface area contributed by atoms with E-state index in [4.69, 9.17) is 4.74 Å². The van der Waals surface area contributed by atoms with Gasteiger partial charge in [-0.2, -0.15) is 0 Å². The maximum Gasteiger partial charge on any atom is 0.253 e. The van der Waals surface area contributed by atoms with Crippen LogP contribution < -0.4 is 10.1 Å². The Hall–Kier alpha value is -3.65. The molecule has 0 aliphatic carbocycles. The summed E-state index contributed by atoms with van der Waals surface area (Å²) in [5.74, 6) is 0.368. The highest BCUT2D eigenvalue weighted by atomic mass is 32.2. The van der Waals surface area contributed by atoms with E-state index in [9.17, 15) is 13.2 Å². The van der Waals surface area contributed by atoms with Gasteiger partial charge in [-0.05, 0) is 54.1 Å². The van der Waals surface area contributed by atoms with Crippen molar-refractivity contribution in [2.75, 3.05) is 7.11 Å². The van der Waals surface area contributed by atoms with Gasteiger partial charge < -0.3 is 14.5 Å². The third-order valence-electron chi connectivity index (χ3n) is 4.71. The number of imidazole rings is 1. The first-order valence-electron chi connectivity index (χ1n) is 9.16. The van der Waals surface area contributed by atoms with Gasteiger partial charge in [0.2, 0.25) is 9.84 Å². The van der Waals surface area contributed by atoms with Gasteiger partial charge in [0, 0.05) is 25.1 Å². The van der Waals surface area contributed by atoms with Gasteiger partial charge in [-0.3, -0.25) is 4.79 Å². The number of methoxy groups -OCH3 is 1. The number of pyridine rings is 1. The van der Waals surface area contributed by atoms with Crippen LogP contribution in [-0.2, 0) is 16.4 Å². The van der Waals surface area contributed by atoms with E-state index in [1.807, 2.05) is 0 Å². The lowest BCUT2D eigenvalue weighted by molar-refractivity contribution is 0.0950. The first-order valence-corrected chi connectivity index (χ1v) is 10.6. The lowest BCUT2D eigenvalue weighted by atomic mass is 10.2. The average molecular weight is 421 g/mol. The predicted molar refractivity (Wildman–Crippen MR) is 111 cm³/mol. The third-order valence-corrected chi connectivity index (χ3v) is 6.49. The van der Waals surface area contributed by atoms with Gasteiger partial charge in [-0.15, -0.1) is 0 Å². The Morgan fingerprint density at radius 2 is 1.67 bits per heavy atom. The molecule has 2 heterocycles. The van der Waals surface area contributed by atoms with Gasteiger partial charge in [0.05, 0.1) is 22.5 Å². The molecule has 0 radical (unpaired) electrons. The van der Waals surface area contributed by atoms with Gasteiger partial charge in [-0.1, -0.05) is 12.1 Å². The van der Waals surface area contributed by atoms with E-state index in [1.54, 1.807) is 71.5 Å². The number of carbonyl (C=O) groups is 1.